The highest BCUT2D eigenvalue weighted by Gasteiger charge is 2.33. The summed E-state index contributed by atoms with van der Waals surface area (Å²) in [6.45, 7) is 8.53. The van der Waals surface area contributed by atoms with Crippen LogP contribution in [0.4, 0.5) is 0 Å². The zero-order chi connectivity index (χ0) is 18.3. The molecule has 1 aromatic carbocycles. The molecule has 6 heteroatoms. The maximum atomic E-state index is 13.1. The van der Waals surface area contributed by atoms with Crippen LogP contribution < -0.4 is 4.74 Å². The number of benzene rings is 1. The van der Waals surface area contributed by atoms with E-state index in [2.05, 4.69) is 52.9 Å². The molecule has 0 spiro atoms. The molecular weight excluding hydrogens is 412 g/mol. The van der Waals surface area contributed by atoms with Crippen molar-refractivity contribution in [1.82, 2.24) is 9.80 Å². The molecule has 0 N–H and O–H groups in total. The minimum Gasteiger partial charge on any atom is -0.489 e. The highest BCUT2D eigenvalue weighted by Crippen LogP contribution is 2.40. The molecule has 1 amide bonds. The second-order valence-corrected chi connectivity index (χ2v) is 9.66. The van der Waals surface area contributed by atoms with Gasteiger partial charge in [-0.25, -0.2) is 0 Å². The molecular formula is C20H23BrN2O2S. The van der Waals surface area contributed by atoms with E-state index < -0.39 is 0 Å². The van der Waals surface area contributed by atoms with Gasteiger partial charge in [-0.15, -0.1) is 11.3 Å². The maximum absolute atomic E-state index is 13.1. The van der Waals surface area contributed by atoms with Gasteiger partial charge >= 0.3 is 0 Å². The zero-order valence-electron chi connectivity index (χ0n) is 15.1. The monoisotopic (exact) mass is 434 g/mol. The Bertz CT molecular complexity index is 814. The smallest absolute Gasteiger partial charge is 0.257 e. The summed E-state index contributed by atoms with van der Waals surface area (Å²) in [5.74, 6) is 1.23. The molecule has 1 fully saturated rings. The SMILES string of the molecule is C[C@@H]1c2cccc(C(=O)N3CCN(Cc4ccc(Br)s4)CC3)c2O[C@@H]1C. The Hall–Kier alpha value is -1.37. The number of amides is 1. The number of hydrogen-bond donors (Lipinski definition) is 0. The van der Waals surface area contributed by atoms with E-state index in [1.165, 1.54) is 8.66 Å². The van der Waals surface area contributed by atoms with Gasteiger partial charge in [-0.1, -0.05) is 19.1 Å². The standard InChI is InChI=1S/C20H23BrN2O2S/c1-13-14(2)25-19-16(13)4-3-5-17(19)20(24)23-10-8-22(9-11-23)12-15-6-7-18(21)26-15/h3-7,13-14H,8-12H2,1-2H3/t13-,14+/m0/s1. The first kappa shape index (κ1) is 18.0. The van der Waals surface area contributed by atoms with E-state index in [-0.39, 0.29) is 12.0 Å². The molecule has 4 nitrogen and oxygen atoms in total. The molecule has 1 aromatic heterocycles. The van der Waals surface area contributed by atoms with Crippen molar-refractivity contribution in [1.29, 1.82) is 0 Å². The minimum atomic E-state index is 0.0988. The molecule has 2 aliphatic heterocycles. The fraction of sp³-hybridized carbons (Fsp3) is 0.450. The van der Waals surface area contributed by atoms with Gasteiger partial charge in [-0.3, -0.25) is 9.69 Å². The molecule has 1 saturated heterocycles. The van der Waals surface area contributed by atoms with E-state index in [4.69, 9.17) is 4.74 Å². The third-order valence-corrected chi connectivity index (χ3v) is 7.05. The summed E-state index contributed by atoms with van der Waals surface area (Å²) in [5.41, 5.74) is 1.87. The summed E-state index contributed by atoms with van der Waals surface area (Å²) in [5, 5.41) is 0. The predicted octanol–water partition coefficient (Wildman–Crippen LogP) is 4.35. The Kier molecular flexibility index (Phi) is 5.08. The fourth-order valence-corrected chi connectivity index (χ4v) is 5.22. The number of rotatable bonds is 3. The van der Waals surface area contributed by atoms with Gasteiger partial charge in [0, 0.05) is 49.1 Å². The van der Waals surface area contributed by atoms with Crippen molar-refractivity contribution in [2.45, 2.75) is 32.4 Å². The topological polar surface area (TPSA) is 32.8 Å². The number of carbonyl (C=O) groups excluding carboxylic acids is 1. The van der Waals surface area contributed by atoms with Crippen molar-refractivity contribution in [3.63, 3.8) is 0 Å². The molecule has 4 rings (SSSR count). The Labute approximate surface area is 166 Å². The van der Waals surface area contributed by atoms with E-state index in [0.29, 0.717) is 11.5 Å². The number of hydrogen-bond acceptors (Lipinski definition) is 4. The molecule has 3 heterocycles. The van der Waals surface area contributed by atoms with Gasteiger partial charge in [0.25, 0.3) is 5.91 Å². The van der Waals surface area contributed by atoms with Crippen LogP contribution in [0.25, 0.3) is 0 Å². The van der Waals surface area contributed by atoms with E-state index in [9.17, 15) is 4.79 Å². The van der Waals surface area contributed by atoms with Crippen LogP contribution in [0.1, 0.15) is 40.6 Å². The van der Waals surface area contributed by atoms with Gasteiger partial charge in [-0.2, -0.15) is 0 Å². The Morgan fingerprint density at radius 2 is 1.96 bits per heavy atom. The first-order chi connectivity index (χ1) is 12.5. The quantitative estimate of drug-likeness (QED) is 0.719. The van der Waals surface area contributed by atoms with Crippen LogP contribution >= 0.6 is 27.3 Å². The average molecular weight is 435 g/mol. The lowest BCUT2D eigenvalue weighted by molar-refractivity contribution is 0.0625. The number of ether oxygens (including phenoxy) is 1. The lowest BCUT2D eigenvalue weighted by atomic mass is 9.96. The third-order valence-electron chi connectivity index (χ3n) is 5.44. The first-order valence-electron chi connectivity index (χ1n) is 9.08. The van der Waals surface area contributed by atoms with Crippen LogP contribution in [0.2, 0.25) is 0 Å². The highest BCUT2D eigenvalue weighted by molar-refractivity contribution is 9.11. The molecule has 0 unspecified atom stereocenters. The van der Waals surface area contributed by atoms with E-state index >= 15 is 0 Å². The van der Waals surface area contributed by atoms with Crippen molar-refractivity contribution in [3.8, 4) is 5.75 Å². The Balaban J connectivity index is 1.42. The summed E-state index contributed by atoms with van der Waals surface area (Å²) in [6, 6.07) is 10.2. The number of para-hydroxylation sites is 1. The number of piperazine rings is 1. The molecule has 2 aliphatic rings. The molecule has 0 bridgehead atoms. The van der Waals surface area contributed by atoms with Crippen LogP contribution in [0.5, 0.6) is 5.75 Å². The van der Waals surface area contributed by atoms with Gasteiger partial charge in [0.1, 0.15) is 11.9 Å². The highest BCUT2D eigenvalue weighted by atomic mass is 79.9. The number of thiophene rings is 1. The first-order valence-corrected chi connectivity index (χ1v) is 10.7. The normalized spacial score (nSPS) is 23.0. The van der Waals surface area contributed by atoms with Gasteiger partial charge < -0.3 is 9.64 Å². The van der Waals surface area contributed by atoms with E-state index in [1.807, 2.05) is 17.0 Å². The Morgan fingerprint density at radius 1 is 1.19 bits per heavy atom. The van der Waals surface area contributed by atoms with E-state index in [1.54, 1.807) is 11.3 Å². The van der Waals surface area contributed by atoms with E-state index in [0.717, 1.165) is 44.0 Å². The van der Waals surface area contributed by atoms with Gasteiger partial charge in [0.2, 0.25) is 0 Å². The van der Waals surface area contributed by atoms with Crippen LogP contribution in [0.15, 0.2) is 34.1 Å². The van der Waals surface area contributed by atoms with Crippen LogP contribution in [0, 0.1) is 0 Å². The molecule has 2 aromatic rings. The van der Waals surface area contributed by atoms with Crippen molar-refractivity contribution in [2.24, 2.45) is 0 Å². The average Bonchev–Trinajstić information content (AvgIpc) is 3.18. The lowest BCUT2D eigenvalue weighted by Crippen LogP contribution is -2.48. The summed E-state index contributed by atoms with van der Waals surface area (Å²) >= 11 is 5.30. The van der Waals surface area contributed by atoms with Gasteiger partial charge in [0.15, 0.2) is 0 Å². The molecule has 0 saturated carbocycles. The summed E-state index contributed by atoms with van der Waals surface area (Å²) in [4.78, 5) is 18.8. The molecule has 26 heavy (non-hydrogen) atoms. The van der Waals surface area contributed by atoms with Gasteiger partial charge in [-0.05, 0) is 41.1 Å². The molecule has 0 aliphatic carbocycles. The second kappa shape index (κ2) is 7.33. The lowest BCUT2D eigenvalue weighted by Gasteiger charge is -2.34. The molecule has 2 atom stereocenters. The fourth-order valence-electron chi connectivity index (χ4n) is 3.69. The van der Waals surface area contributed by atoms with Crippen molar-refractivity contribution in [2.75, 3.05) is 26.2 Å². The van der Waals surface area contributed by atoms with Crippen LogP contribution in [-0.2, 0) is 6.54 Å². The summed E-state index contributed by atoms with van der Waals surface area (Å²) < 4.78 is 7.17. The van der Waals surface area contributed by atoms with Crippen molar-refractivity contribution >= 4 is 33.2 Å². The largest absolute Gasteiger partial charge is 0.489 e. The predicted molar refractivity (Wildman–Crippen MR) is 108 cm³/mol. The van der Waals surface area contributed by atoms with Crippen molar-refractivity contribution in [3.05, 3.63) is 50.1 Å². The number of halogens is 1. The van der Waals surface area contributed by atoms with Crippen LogP contribution in [-0.4, -0.2) is 48.0 Å². The maximum Gasteiger partial charge on any atom is 0.257 e. The van der Waals surface area contributed by atoms with Crippen molar-refractivity contribution < 1.29 is 9.53 Å². The minimum absolute atomic E-state index is 0.0988. The Morgan fingerprint density at radius 3 is 2.65 bits per heavy atom. The third kappa shape index (κ3) is 3.42. The summed E-state index contributed by atoms with van der Waals surface area (Å²) in [6.07, 6.45) is 0.126. The number of nitrogens with zero attached hydrogens (tertiary/aromatic N) is 2. The zero-order valence-corrected chi connectivity index (χ0v) is 17.5. The second-order valence-electron chi connectivity index (χ2n) is 7.11. The van der Waals surface area contributed by atoms with Gasteiger partial charge in [0.05, 0.1) is 9.35 Å². The molecule has 138 valence electrons. The number of carbonyl (C=O) groups is 1. The number of fused-ring (bicyclic) bond motifs is 1. The molecule has 0 radical (unpaired) electrons. The van der Waals surface area contributed by atoms with Crippen LogP contribution in [0.3, 0.4) is 0 Å². The summed E-state index contributed by atoms with van der Waals surface area (Å²) in [7, 11) is 0.